The second kappa shape index (κ2) is 10.2. The molecular weight excluding hydrogens is 316 g/mol. The number of guanidine groups is 1. The molecule has 0 saturated heterocycles. The fraction of sp³-hybridized carbons (Fsp3) is 0.368. The van der Waals surface area contributed by atoms with Crippen molar-refractivity contribution in [2.24, 2.45) is 10.7 Å². The molecule has 0 aliphatic heterocycles. The maximum Gasteiger partial charge on any atom is 0.224 e. The summed E-state index contributed by atoms with van der Waals surface area (Å²) in [5.41, 5.74) is 6.70. The van der Waals surface area contributed by atoms with Gasteiger partial charge in [-0.05, 0) is 43.2 Å². The molecule has 134 valence electrons. The fourth-order valence-corrected chi connectivity index (χ4v) is 2.05. The van der Waals surface area contributed by atoms with Crippen LogP contribution in [-0.4, -0.2) is 24.1 Å². The van der Waals surface area contributed by atoms with Gasteiger partial charge in [-0.25, -0.2) is 9.98 Å². The number of nitrogens with two attached hydrogens (primary N) is 1. The summed E-state index contributed by atoms with van der Waals surface area (Å²) >= 11 is 0. The molecule has 0 bridgehead atoms. The van der Waals surface area contributed by atoms with E-state index in [1.165, 1.54) is 0 Å². The van der Waals surface area contributed by atoms with E-state index in [1.54, 1.807) is 6.20 Å². The Balaban J connectivity index is 2.02. The van der Waals surface area contributed by atoms with Gasteiger partial charge in [-0.15, -0.1) is 0 Å². The van der Waals surface area contributed by atoms with Crippen LogP contribution in [-0.2, 0) is 6.54 Å². The molecule has 0 radical (unpaired) electrons. The highest BCUT2D eigenvalue weighted by Gasteiger charge is 2.06. The van der Waals surface area contributed by atoms with E-state index in [2.05, 4.69) is 29.1 Å². The summed E-state index contributed by atoms with van der Waals surface area (Å²) < 4.78 is 11.5. The van der Waals surface area contributed by atoms with Crippen molar-refractivity contribution in [3.63, 3.8) is 0 Å². The molecule has 0 fully saturated rings. The van der Waals surface area contributed by atoms with Crippen molar-refractivity contribution >= 4 is 5.96 Å². The molecular formula is C19H26N4O2. The second-order valence-corrected chi connectivity index (χ2v) is 5.52. The van der Waals surface area contributed by atoms with Crippen molar-refractivity contribution in [1.29, 1.82) is 0 Å². The highest BCUT2D eigenvalue weighted by Crippen LogP contribution is 2.25. The van der Waals surface area contributed by atoms with Crippen LogP contribution in [0, 0.1) is 0 Å². The molecule has 1 aromatic heterocycles. The Labute approximate surface area is 149 Å². The number of aromatic nitrogens is 1. The van der Waals surface area contributed by atoms with Gasteiger partial charge in [-0.2, -0.15) is 0 Å². The Morgan fingerprint density at radius 1 is 1.12 bits per heavy atom. The molecule has 25 heavy (non-hydrogen) atoms. The Bertz CT molecular complexity index is 671. The normalized spacial score (nSPS) is 11.2. The second-order valence-electron chi connectivity index (χ2n) is 5.52. The van der Waals surface area contributed by atoms with Crippen LogP contribution in [0.4, 0.5) is 0 Å². The molecule has 3 N–H and O–H groups in total. The van der Waals surface area contributed by atoms with Gasteiger partial charge in [0.05, 0.1) is 13.2 Å². The lowest BCUT2D eigenvalue weighted by atomic mass is 10.2. The van der Waals surface area contributed by atoms with E-state index in [0.29, 0.717) is 30.7 Å². The Hall–Kier alpha value is -2.76. The van der Waals surface area contributed by atoms with Gasteiger partial charge in [0.1, 0.15) is 11.5 Å². The van der Waals surface area contributed by atoms with Gasteiger partial charge in [0, 0.05) is 18.3 Å². The minimum atomic E-state index is 0.406. The molecule has 1 heterocycles. The zero-order chi connectivity index (χ0) is 17.9. The third-order valence-corrected chi connectivity index (χ3v) is 3.34. The maximum atomic E-state index is 5.89. The molecule has 0 amide bonds. The van der Waals surface area contributed by atoms with Crippen molar-refractivity contribution in [3.05, 3.63) is 48.2 Å². The lowest BCUT2D eigenvalue weighted by molar-refractivity contribution is 0.317. The van der Waals surface area contributed by atoms with Crippen LogP contribution < -0.4 is 20.5 Å². The quantitative estimate of drug-likeness (QED) is 0.538. The topological polar surface area (TPSA) is 81.8 Å². The third kappa shape index (κ3) is 6.33. The zero-order valence-corrected chi connectivity index (χ0v) is 14.9. The molecule has 6 heteroatoms. The van der Waals surface area contributed by atoms with Gasteiger partial charge in [0.15, 0.2) is 5.96 Å². The number of pyridine rings is 1. The third-order valence-electron chi connectivity index (χ3n) is 3.34. The first kappa shape index (κ1) is 18.6. The molecule has 6 nitrogen and oxygen atoms in total. The number of hydrogen-bond acceptors (Lipinski definition) is 4. The van der Waals surface area contributed by atoms with Gasteiger partial charge in [-0.3, -0.25) is 0 Å². The van der Waals surface area contributed by atoms with Crippen LogP contribution in [0.3, 0.4) is 0 Å². The molecule has 2 rings (SSSR count). The summed E-state index contributed by atoms with van der Waals surface area (Å²) in [4.78, 5) is 8.63. The minimum Gasteiger partial charge on any atom is -0.494 e. The molecule has 0 aliphatic rings. The van der Waals surface area contributed by atoms with E-state index in [-0.39, 0.29) is 0 Å². The number of hydrogen-bond donors (Lipinski definition) is 2. The number of ether oxygens (including phenoxy) is 2. The van der Waals surface area contributed by atoms with Crippen LogP contribution >= 0.6 is 0 Å². The van der Waals surface area contributed by atoms with E-state index < -0.39 is 0 Å². The molecule has 0 unspecified atom stereocenters. The van der Waals surface area contributed by atoms with Gasteiger partial charge in [0.2, 0.25) is 5.88 Å². The Kier molecular flexibility index (Phi) is 7.56. The maximum absolute atomic E-state index is 5.89. The molecule has 1 aromatic carbocycles. The Morgan fingerprint density at radius 2 is 1.88 bits per heavy atom. The predicted octanol–water partition coefficient (Wildman–Crippen LogP) is 3.48. The molecule has 0 atom stereocenters. The van der Waals surface area contributed by atoms with E-state index in [9.17, 15) is 0 Å². The van der Waals surface area contributed by atoms with Crippen molar-refractivity contribution < 1.29 is 9.47 Å². The first-order chi connectivity index (χ1) is 12.2. The highest BCUT2D eigenvalue weighted by atomic mass is 16.5. The summed E-state index contributed by atoms with van der Waals surface area (Å²) in [5.74, 6) is 2.48. The van der Waals surface area contributed by atoms with Crippen LogP contribution in [0.25, 0.3) is 0 Å². The Morgan fingerprint density at radius 3 is 2.60 bits per heavy atom. The zero-order valence-electron chi connectivity index (χ0n) is 14.9. The van der Waals surface area contributed by atoms with Crippen molar-refractivity contribution in [2.75, 3.05) is 13.2 Å². The van der Waals surface area contributed by atoms with E-state index in [4.69, 9.17) is 15.2 Å². The van der Waals surface area contributed by atoms with E-state index >= 15 is 0 Å². The van der Waals surface area contributed by atoms with Crippen molar-refractivity contribution in [3.8, 4) is 17.4 Å². The smallest absolute Gasteiger partial charge is 0.224 e. The molecule has 0 saturated carbocycles. The molecule has 0 spiro atoms. The minimum absolute atomic E-state index is 0.406. The average molecular weight is 342 g/mol. The largest absolute Gasteiger partial charge is 0.494 e. The van der Waals surface area contributed by atoms with Crippen LogP contribution in [0.5, 0.6) is 17.4 Å². The van der Waals surface area contributed by atoms with Crippen LogP contribution in [0.15, 0.2) is 47.6 Å². The monoisotopic (exact) mass is 342 g/mol. The SMILES string of the molecule is CCCNC(N)=NCc1cccnc1Oc1ccc(OCCC)cc1. The number of rotatable bonds is 9. The summed E-state index contributed by atoms with van der Waals surface area (Å²) in [6, 6.07) is 11.3. The summed E-state index contributed by atoms with van der Waals surface area (Å²) in [6.45, 7) is 6.07. The number of aliphatic imine (C=N–C) groups is 1. The lowest BCUT2D eigenvalue weighted by Gasteiger charge is -2.10. The summed E-state index contributed by atoms with van der Waals surface area (Å²) in [7, 11) is 0. The number of nitrogens with zero attached hydrogens (tertiary/aromatic N) is 2. The van der Waals surface area contributed by atoms with Gasteiger partial charge >= 0.3 is 0 Å². The molecule has 0 aliphatic carbocycles. The number of nitrogens with one attached hydrogen (secondary N) is 1. The standard InChI is InChI=1S/C19H26N4O2/c1-3-11-22-19(20)23-14-15-6-5-12-21-18(15)25-17-9-7-16(8-10-17)24-13-4-2/h5-10,12H,3-4,11,13-14H2,1-2H3,(H3,20,22,23). The highest BCUT2D eigenvalue weighted by molar-refractivity contribution is 5.77. The average Bonchev–Trinajstić information content (AvgIpc) is 2.65. The van der Waals surface area contributed by atoms with Crippen LogP contribution in [0.2, 0.25) is 0 Å². The van der Waals surface area contributed by atoms with Crippen LogP contribution in [0.1, 0.15) is 32.3 Å². The lowest BCUT2D eigenvalue weighted by Crippen LogP contribution is -2.32. The van der Waals surface area contributed by atoms with E-state index in [0.717, 1.165) is 30.7 Å². The van der Waals surface area contributed by atoms with Gasteiger partial charge in [0.25, 0.3) is 0 Å². The number of benzene rings is 1. The predicted molar refractivity (Wildman–Crippen MR) is 100 cm³/mol. The fourth-order valence-electron chi connectivity index (χ4n) is 2.05. The van der Waals surface area contributed by atoms with E-state index in [1.807, 2.05) is 36.4 Å². The first-order valence-corrected chi connectivity index (χ1v) is 8.61. The van der Waals surface area contributed by atoms with Gasteiger partial charge in [-0.1, -0.05) is 19.9 Å². The van der Waals surface area contributed by atoms with Crippen molar-refractivity contribution in [2.45, 2.75) is 33.2 Å². The van der Waals surface area contributed by atoms with Crippen molar-refractivity contribution in [1.82, 2.24) is 10.3 Å². The van der Waals surface area contributed by atoms with Gasteiger partial charge < -0.3 is 20.5 Å². The molecule has 2 aromatic rings. The first-order valence-electron chi connectivity index (χ1n) is 8.61. The summed E-state index contributed by atoms with van der Waals surface area (Å²) in [5, 5.41) is 3.05. The summed E-state index contributed by atoms with van der Waals surface area (Å²) in [6.07, 6.45) is 3.67.